The van der Waals surface area contributed by atoms with Gasteiger partial charge in [0.1, 0.15) is 5.75 Å². The number of halogens is 2. The molecule has 0 aliphatic heterocycles. The first-order chi connectivity index (χ1) is 10.1. The lowest BCUT2D eigenvalue weighted by Gasteiger charge is -2.10. The van der Waals surface area contributed by atoms with Crippen LogP contribution in [0.15, 0.2) is 42.5 Å². The molecule has 0 aromatic heterocycles. The summed E-state index contributed by atoms with van der Waals surface area (Å²) >= 11 is 12.0. The number of carbonyl (C=O) groups is 1. The zero-order valence-electron chi connectivity index (χ0n) is 11.5. The topological polar surface area (TPSA) is 38.3 Å². The van der Waals surface area contributed by atoms with Crippen molar-refractivity contribution in [2.45, 2.75) is 6.42 Å². The average molecular weight is 324 g/mol. The molecular formula is C16H15Cl2NO2. The maximum Gasteiger partial charge on any atom is 0.254 e. The zero-order chi connectivity index (χ0) is 15.2. The predicted molar refractivity (Wildman–Crippen MR) is 85.5 cm³/mol. The highest BCUT2D eigenvalue weighted by molar-refractivity contribution is 6.39. The molecule has 2 aromatic carbocycles. The average Bonchev–Trinajstić information content (AvgIpc) is 2.47. The smallest absolute Gasteiger partial charge is 0.254 e. The van der Waals surface area contributed by atoms with Crippen molar-refractivity contribution in [2.24, 2.45) is 0 Å². The highest BCUT2D eigenvalue weighted by Crippen LogP contribution is 2.24. The molecule has 2 aromatic rings. The number of hydrogen-bond acceptors (Lipinski definition) is 2. The van der Waals surface area contributed by atoms with E-state index in [1.807, 2.05) is 24.3 Å². The van der Waals surface area contributed by atoms with Crippen LogP contribution >= 0.6 is 23.2 Å². The molecule has 0 heterocycles. The van der Waals surface area contributed by atoms with Gasteiger partial charge >= 0.3 is 0 Å². The Hall–Kier alpha value is -1.71. The third-order valence-corrected chi connectivity index (χ3v) is 3.69. The van der Waals surface area contributed by atoms with Crippen molar-refractivity contribution in [3.05, 3.63) is 63.6 Å². The van der Waals surface area contributed by atoms with Crippen molar-refractivity contribution < 1.29 is 9.53 Å². The van der Waals surface area contributed by atoms with Gasteiger partial charge < -0.3 is 10.1 Å². The molecule has 0 saturated heterocycles. The van der Waals surface area contributed by atoms with E-state index < -0.39 is 0 Å². The molecule has 0 spiro atoms. The fourth-order valence-electron chi connectivity index (χ4n) is 2.02. The van der Waals surface area contributed by atoms with Crippen molar-refractivity contribution >= 4 is 29.1 Å². The van der Waals surface area contributed by atoms with Gasteiger partial charge in [-0.2, -0.15) is 0 Å². The van der Waals surface area contributed by atoms with E-state index in [9.17, 15) is 4.79 Å². The van der Waals surface area contributed by atoms with Gasteiger partial charge in [0.05, 0.1) is 22.7 Å². The summed E-state index contributed by atoms with van der Waals surface area (Å²) in [6.07, 6.45) is 0.665. The summed E-state index contributed by atoms with van der Waals surface area (Å²) < 4.78 is 5.27. The second kappa shape index (κ2) is 7.34. The van der Waals surface area contributed by atoms with Crippen LogP contribution in [0.25, 0.3) is 0 Å². The molecule has 0 radical (unpaired) electrons. The number of ether oxygens (including phenoxy) is 1. The van der Waals surface area contributed by atoms with Gasteiger partial charge in [-0.05, 0) is 30.2 Å². The van der Waals surface area contributed by atoms with Crippen molar-refractivity contribution in [1.29, 1.82) is 0 Å². The van der Waals surface area contributed by atoms with Crippen LogP contribution in [0.5, 0.6) is 5.75 Å². The summed E-state index contributed by atoms with van der Waals surface area (Å²) in [5.74, 6) is 0.531. The van der Waals surface area contributed by atoms with E-state index in [0.717, 1.165) is 11.3 Å². The first-order valence-electron chi connectivity index (χ1n) is 6.47. The van der Waals surface area contributed by atoms with Crippen molar-refractivity contribution in [3.8, 4) is 5.75 Å². The molecule has 0 saturated carbocycles. The number of benzene rings is 2. The van der Waals surface area contributed by atoms with E-state index in [1.54, 1.807) is 25.3 Å². The summed E-state index contributed by atoms with van der Waals surface area (Å²) in [4.78, 5) is 12.1. The van der Waals surface area contributed by atoms with Gasteiger partial charge in [-0.1, -0.05) is 47.5 Å². The van der Waals surface area contributed by atoms with E-state index in [4.69, 9.17) is 27.9 Å². The molecule has 1 amide bonds. The van der Waals surface area contributed by atoms with Crippen LogP contribution in [0.3, 0.4) is 0 Å². The number of hydrogen-bond donors (Lipinski definition) is 1. The quantitative estimate of drug-likeness (QED) is 0.904. The van der Waals surface area contributed by atoms with Gasteiger partial charge in [-0.3, -0.25) is 4.79 Å². The lowest BCUT2D eigenvalue weighted by atomic mass is 10.1. The zero-order valence-corrected chi connectivity index (χ0v) is 13.0. The number of para-hydroxylation sites is 1. The minimum absolute atomic E-state index is 0.277. The predicted octanol–water partition coefficient (Wildman–Crippen LogP) is 3.97. The first kappa shape index (κ1) is 15.7. The Balaban J connectivity index is 1.99. The summed E-state index contributed by atoms with van der Waals surface area (Å²) in [7, 11) is 1.63. The Morgan fingerprint density at radius 2 is 1.76 bits per heavy atom. The highest BCUT2D eigenvalue weighted by atomic mass is 35.5. The third-order valence-electron chi connectivity index (χ3n) is 3.06. The van der Waals surface area contributed by atoms with Crippen molar-refractivity contribution in [3.63, 3.8) is 0 Å². The number of methoxy groups -OCH3 is 1. The molecule has 0 fully saturated rings. The van der Waals surface area contributed by atoms with E-state index in [-0.39, 0.29) is 5.91 Å². The molecule has 21 heavy (non-hydrogen) atoms. The highest BCUT2D eigenvalue weighted by Gasteiger charge is 2.14. The van der Waals surface area contributed by atoms with E-state index in [2.05, 4.69) is 5.32 Å². The Morgan fingerprint density at radius 3 is 2.43 bits per heavy atom. The maximum absolute atomic E-state index is 12.1. The fraction of sp³-hybridized carbons (Fsp3) is 0.188. The lowest BCUT2D eigenvalue weighted by Crippen LogP contribution is -2.26. The van der Waals surface area contributed by atoms with E-state index in [0.29, 0.717) is 28.6 Å². The van der Waals surface area contributed by atoms with Crippen LogP contribution in [0, 0.1) is 0 Å². The first-order valence-corrected chi connectivity index (χ1v) is 7.23. The van der Waals surface area contributed by atoms with Gasteiger partial charge in [0, 0.05) is 6.54 Å². The molecule has 0 bridgehead atoms. The van der Waals surface area contributed by atoms with Crippen molar-refractivity contribution in [1.82, 2.24) is 5.32 Å². The molecule has 0 aliphatic carbocycles. The standard InChI is InChI=1S/C16H15Cl2NO2/c1-21-14-8-3-2-5-11(14)9-10-19-16(20)15-12(17)6-4-7-13(15)18/h2-8H,9-10H2,1H3,(H,19,20). The van der Waals surface area contributed by atoms with Crippen LogP contribution < -0.4 is 10.1 Å². The minimum atomic E-state index is -0.277. The molecule has 0 aliphatic rings. The van der Waals surface area contributed by atoms with Gasteiger partial charge in [0.15, 0.2) is 0 Å². The molecule has 5 heteroatoms. The van der Waals surface area contributed by atoms with Crippen LogP contribution in [-0.2, 0) is 6.42 Å². The second-order valence-corrected chi connectivity index (χ2v) is 5.23. The summed E-state index contributed by atoms with van der Waals surface area (Å²) in [5.41, 5.74) is 1.34. The molecule has 0 atom stereocenters. The van der Waals surface area contributed by atoms with Gasteiger partial charge in [0.25, 0.3) is 5.91 Å². The van der Waals surface area contributed by atoms with Gasteiger partial charge in [-0.25, -0.2) is 0 Å². The largest absolute Gasteiger partial charge is 0.496 e. The van der Waals surface area contributed by atoms with Gasteiger partial charge in [0.2, 0.25) is 0 Å². The van der Waals surface area contributed by atoms with Crippen LogP contribution in [-0.4, -0.2) is 19.6 Å². The van der Waals surface area contributed by atoms with E-state index >= 15 is 0 Å². The molecule has 0 unspecified atom stereocenters. The Morgan fingerprint density at radius 1 is 1.10 bits per heavy atom. The molecular weight excluding hydrogens is 309 g/mol. The monoisotopic (exact) mass is 323 g/mol. The maximum atomic E-state index is 12.1. The Kier molecular flexibility index (Phi) is 5.48. The van der Waals surface area contributed by atoms with Crippen LogP contribution in [0.1, 0.15) is 15.9 Å². The summed E-state index contributed by atoms with van der Waals surface area (Å²) in [6.45, 7) is 0.473. The van der Waals surface area contributed by atoms with Crippen molar-refractivity contribution in [2.75, 3.05) is 13.7 Å². The normalized spacial score (nSPS) is 10.2. The summed E-state index contributed by atoms with van der Waals surface area (Å²) in [5, 5.41) is 3.51. The molecule has 3 nitrogen and oxygen atoms in total. The van der Waals surface area contributed by atoms with Crippen LogP contribution in [0.4, 0.5) is 0 Å². The summed E-state index contributed by atoms with van der Waals surface area (Å²) in [6, 6.07) is 12.7. The van der Waals surface area contributed by atoms with Gasteiger partial charge in [-0.15, -0.1) is 0 Å². The van der Waals surface area contributed by atoms with Crippen LogP contribution in [0.2, 0.25) is 10.0 Å². The molecule has 2 rings (SSSR count). The Bertz CT molecular complexity index is 624. The SMILES string of the molecule is COc1ccccc1CCNC(=O)c1c(Cl)cccc1Cl. The molecule has 110 valence electrons. The number of carbonyl (C=O) groups excluding carboxylic acids is 1. The number of amides is 1. The number of nitrogens with one attached hydrogen (secondary N) is 1. The number of rotatable bonds is 5. The lowest BCUT2D eigenvalue weighted by molar-refractivity contribution is 0.0954. The molecule has 1 N–H and O–H groups in total. The fourth-order valence-corrected chi connectivity index (χ4v) is 2.59. The third kappa shape index (κ3) is 3.90. The Labute approximate surface area is 133 Å². The van der Waals surface area contributed by atoms with E-state index in [1.165, 1.54) is 0 Å². The minimum Gasteiger partial charge on any atom is -0.496 e. The second-order valence-electron chi connectivity index (χ2n) is 4.41.